The Morgan fingerprint density at radius 1 is 0.897 bits per heavy atom. The zero-order chi connectivity index (χ0) is 26.6. The van der Waals surface area contributed by atoms with Crippen molar-refractivity contribution in [1.29, 1.82) is 0 Å². The molecule has 0 radical (unpaired) electrons. The summed E-state index contributed by atoms with van der Waals surface area (Å²) in [6.07, 6.45) is 11.0. The number of rotatable bonds is 8. The fraction of sp³-hybridized carbons (Fsp3) is 0.281. The Balaban J connectivity index is 1.17. The van der Waals surface area contributed by atoms with Gasteiger partial charge in [-0.1, -0.05) is 36.4 Å². The van der Waals surface area contributed by atoms with Crippen molar-refractivity contribution in [2.24, 2.45) is 0 Å². The number of nitrogens with one attached hydrogen (secondary N) is 1. The highest BCUT2D eigenvalue weighted by molar-refractivity contribution is 6.00. The fourth-order valence-electron chi connectivity index (χ4n) is 5.75. The van der Waals surface area contributed by atoms with E-state index in [1.807, 2.05) is 54.7 Å². The number of nitrogens with two attached hydrogens (primary N) is 1. The van der Waals surface area contributed by atoms with Gasteiger partial charge in [0, 0.05) is 48.2 Å². The van der Waals surface area contributed by atoms with Crippen molar-refractivity contribution in [3.63, 3.8) is 0 Å². The second kappa shape index (κ2) is 11.3. The number of fused-ring (bicyclic) bond motifs is 1. The van der Waals surface area contributed by atoms with Crippen LogP contribution in [-0.2, 0) is 6.42 Å². The molecule has 3 heterocycles. The molecule has 0 saturated heterocycles. The van der Waals surface area contributed by atoms with Gasteiger partial charge < -0.3 is 20.4 Å². The van der Waals surface area contributed by atoms with Crippen molar-refractivity contribution in [1.82, 2.24) is 24.8 Å². The lowest BCUT2D eigenvalue weighted by molar-refractivity contribution is 0.279. The standard InChI is InChI=1S/C32H34N6O/c1-22(19-25-7-5-6-18-34-25)37-24-12-14-26(15-13-24)38-20-29(30-31(33)35-21-36-32(30)38)23-10-16-28(17-11-23)39-27-8-3-2-4-9-27/h2-11,16-18,20-22,24,26,37H,12-15,19H2,1H3,(H2,33,35,36). The highest BCUT2D eigenvalue weighted by Crippen LogP contribution is 2.38. The second-order valence-electron chi connectivity index (χ2n) is 10.4. The minimum Gasteiger partial charge on any atom is -0.457 e. The van der Waals surface area contributed by atoms with Crippen LogP contribution < -0.4 is 15.8 Å². The first-order valence-corrected chi connectivity index (χ1v) is 13.7. The molecule has 7 nitrogen and oxygen atoms in total. The summed E-state index contributed by atoms with van der Waals surface area (Å²) in [6, 6.07) is 25.3. The van der Waals surface area contributed by atoms with E-state index < -0.39 is 0 Å². The van der Waals surface area contributed by atoms with Crippen LogP contribution in [0.1, 0.15) is 44.3 Å². The summed E-state index contributed by atoms with van der Waals surface area (Å²) in [6.45, 7) is 2.25. The molecule has 5 aromatic rings. The van der Waals surface area contributed by atoms with E-state index in [0.717, 1.165) is 71.5 Å². The summed E-state index contributed by atoms with van der Waals surface area (Å²) in [5.74, 6) is 2.12. The normalized spacial score (nSPS) is 18.2. The zero-order valence-corrected chi connectivity index (χ0v) is 22.2. The molecule has 198 valence electrons. The third kappa shape index (κ3) is 5.64. The van der Waals surface area contributed by atoms with Crippen molar-refractivity contribution in [3.8, 4) is 22.6 Å². The molecule has 1 atom stereocenters. The van der Waals surface area contributed by atoms with E-state index in [9.17, 15) is 0 Å². The molecule has 0 amide bonds. The summed E-state index contributed by atoms with van der Waals surface area (Å²) in [7, 11) is 0. The Bertz CT molecular complexity index is 1510. The number of para-hydroxylation sites is 1. The summed E-state index contributed by atoms with van der Waals surface area (Å²) < 4.78 is 8.31. The number of hydrogen-bond donors (Lipinski definition) is 2. The van der Waals surface area contributed by atoms with Gasteiger partial charge in [0.15, 0.2) is 0 Å². The van der Waals surface area contributed by atoms with Gasteiger partial charge in [-0.25, -0.2) is 9.97 Å². The van der Waals surface area contributed by atoms with Crippen molar-refractivity contribution < 1.29 is 4.74 Å². The van der Waals surface area contributed by atoms with E-state index in [2.05, 4.69) is 62.2 Å². The van der Waals surface area contributed by atoms with Crippen molar-refractivity contribution in [2.45, 2.75) is 57.2 Å². The van der Waals surface area contributed by atoms with E-state index in [1.165, 1.54) is 0 Å². The Morgan fingerprint density at radius 3 is 2.38 bits per heavy atom. The zero-order valence-electron chi connectivity index (χ0n) is 22.2. The molecular formula is C32H34N6O. The molecule has 1 aliphatic rings. The second-order valence-corrected chi connectivity index (χ2v) is 10.4. The molecule has 39 heavy (non-hydrogen) atoms. The molecule has 0 bridgehead atoms. The predicted octanol–water partition coefficient (Wildman–Crippen LogP) is 6.57. The van der Waals surface area contributed by atoms with Crippen molar-refractivity contribution in [3.05, 3.63) is 97.2 Å². The number of ether oxygens (including phenoxy) is 1. The molecular weight excluding hydrogens is 484 g/mol. The maximum atomic E-state index is 6.41. The minimum atomic E-state index is 0.375. The van der Waals surface area contributed by atoms with E-state index >= 15 is 0 Å². The van der Waals surface area contributed by atoms with Crippen LogP contribution in [0, 0.1) is 0 Å². The Hall–Kier alpha value is -4.23. The molecule has 3 N–H and O–H groups in total. The topological polar surface area (TPSA) is 90.9 Å². The molecule has 0 spiro atoms. The maximum absolute atomic E-state index is 6.41. The molecule has 0 aliphatic heterocycles. The smallest absolute Gasteiger partial charge is 0.146 e. The lowest BCUT2D eigenvalue weighted by atomic mass is 9.90. The SMILES string of the molecule is CC(Cc1ccccn1)NC1CCC(n2cc(-c3ccc(Oc4ccccc4)cc3)c3c(N)ncnc32)CC1. The number of hydrogen-bond acceptors (Lipinski definition) is 6. The van der Waals surface area contributed by atoms with Gasteiger partial charge in [-0.3, -0.25) is 4.98 Å². The third-order valence-electron chi connectivity index (χ3n) is 7.63. The van der Waals surface area contributed by atoms with Crippen LogP contribution in [0.3, 0.4) is 0 Å². The van der Waals surface area contributed by atoms with E-state index in [0.29, 0.717) is 23.9 Å². The summed E-state index contributed by atoms with van der Waals surface area (Å²) in [5.41, 5.74) is 10.6. The largest absolute Gasteiger partial charge is 0.457 e. The number of nitrogen functional groups attached to an aromatic ring is 1. The van der Waals surface area contributed by atoms with Crippen LogP contribution >= 0.6 is 0 Å². The monoisotopic (exact) mass is 518 g/mol. The predicted molar refractivity (Wildman–Crippen MR) is 156 cm³/mol. The van der Waals surface area contributed by atoms with E-state index in [4.69, 9.17) is 10.5 Å². The fourth-order valence-corrected chi connectivity index (χ4v) is 5.75. The van der Waals surface area contributed by atoms with Gasteiger partial charge >= 0.3 is 0 Å². The number of pyridine rings is 1. The lowest BCUT2D eigenvalue weighted by Crippen LogP contribution is -2.40. The molecule has 1 unspecified atom stereocenters. The van der Waals surface area contributed by atoms with Crippen molar-refractivity contribution in [2.75, 3.05) is 5.73 Å². The van der Waals surface area contributed by atoms with E-state index in [-0.39, 0.29) is 0 Å². The summed E-state index contributed by atoms with van der Waals surface area (Å²) in [4.78, 5) is 13.5. The summed E-state index contributed by atoms with van der Waals surface area (Å²) in [5, 5.41) is 4.75. The molecule has 1 fully saturated rings. The first-order valence-electron chi connectivity index (χ1n) is 13.7. The van der Waals surface area contributed by atoms with Crippen LogP contribution in [0.25, 0.3) is 22.2 Å². The first kappa shape index (κ1) is 25.1. The molecule has 1 aliphatic carbocycles. The van der Waals surface area contributed by atoms with Crippen LogP contribution in [0.2, 0.25) is 0 Å². The maximum Gasteiger partial charge on any atom is 0.146 e. The highest BCUT2D eigenvalue weighted by Gasteiger charge is 2.26. The number of anilines is 1. The summed E-state index contributed by atoms with van der Waals surface area (Å²) >= 11 is 0. The quantitative estimate of drug-likeness (QED) is 0.241. The van der Waals surface area contributed by atoms with Crippen LogP contribution in [0.5, 0.6) is 11.5 Å². The molecule has 2 aromatic carbocycles. The molecule has 3 aromatic heterocycles. The number of aromatic nitrogens is 4. The third-order valence-corrected chi connectivity index (χ3v) is 7.63. The van der Waals surface area contributed by atoms with Gasteiger partial charge in [0.2, 0.25) is 0 Å². The molecule has 6 rings (SSSR count). The first-order chi connectivity index (χ1) is 19.1. The Labute approximate surface area is 229 Å². The van der Waals surface area contributed by atoms with Gasteiger partial charge in [-0.05, 0) is 74.6 Å². The number of nitrogens with zero attached hydrogens (tertiary/aromatic N) is 4. The molecule has 7 heteroatoms. The van der Waals surface area contributed by atoms with Crippen LogP contribution in [0.15, 0.2) is 91.5 Å². The number of benzene rings is 2. The van der Waals surface area contributed by atoms with Crippen LogP contribution in [0.4, 0.5) is 5.82 Å². The van der Waals surface area contributed by atoms with Gasteiger partial charge in [0.1, 0.15) is 29.3 Å². The molecule has 1 saturated carbocycles. The van der Waals surface area contributed by atoms with Crippen molar-refractivity contribution >= 4 is 16.9 Å². The average Bonchev–Trinajstić information content (AvgIpc) is 3.36. The van der Waals surface area contributed by atoms with Gasteiger partial charge in [-0.2, -0.15) is 0 Å². The minimum absolute atomic E-state index is 0.375. The lowest BCUT2D eigenvalue weighted by Gasteiger charge is -2.32. The highest BCUT2D eigenvalue weighted by atomic mass is 16.5. The average molecular weight is 519 g/mol. The van der Waals surface area contributed by atoms with E-state index in [1.54, 1.807) is 6.33 Å². The van der Waals surface area contributed by atoms with Gasteiger partial charge in [0.25, 0.3) is 0 Å². The Kier molecular flexibility index (Phi) is 7.23. The van der Waals surface area contributed by atoms with Gasteiger partial charge in [-0.15, -0.1) is 0 Å². The van der Waals surface area contributed by atoms with Gasteiger partial charge in [0.05, 0.1) is 5.39 Å². The van der Waals surface area contributed by atoms with Crippen LogP contribution in [-0.4, -0.2) is 31.6 Å². The Morgan fingerprint density at radius 2 is 1.64 bits per heavy atom.